The molecule has 2 aromatic carbocycles. The molecular weight excluding hydrogens is 652 g/mol. The van der Waals surface area contributed by atoms with Crippen LogP contribution < -0.4 is 15.4 Å². The van der Waals surface area contributed by atoms with Crippen molar-refractivity contribution in [2.24, 2.45) is 0 Å². The molecule has 240 valence electrons. The first-order chi connectivity index (χ1) is 19.6. The monoisotopic (exact) mass is 692 g/mol. The van der Waals surface area contributed by atoms with E-state index in [1.807, 2.05) is 0 Å². The SMILES string of the molecule is CC(C)(C)OC(=O)N[C@H](CCO[Si](C)(C)C(C)(C)C)Cc1c(Br)cc(OCc2ccccc2)c(NC(=O)C(F)(F)F)c1F. The van der Waals surface area contributed by atoms with Gasteiger partial charge in [0, 0.05) is 22.7 Å². The van der Waals surface area contributed by atoms with Crippen molar-refractivity contribution in [2.45, 2.75) is 96.9 Å². The van der Waals surface area contributed by atoms with Gasteiger partial charge in [-0.05, 0) is 63.4 Å². The number of halogens is 5. The molecule has 13 heteroatoms. The summed E-state index contributed by atoms with van der Waals surface area (Å²) < 4.78 is 73.1. The summed E-state index contributed by atoms with van der Waals surface area (Å²) in [5, 5.41) is 4.29. The van der Waals surface area contributed by atoms with Crippen molar-refractivity contribution >= 4 is 41.9 Å². The van der Waals surface area contributed by atoms with Gasteiger partial charge in [0.2, 0.25) is 0 Å². The van der Waals surface area contributed by atoms with Gasteiger partial charge in [0.1, 0.15) is 23.6 Å². The van der Waals surface area contributed by atoms with E-state index in [1.165, 1.54) is 6.07 Å². The number of anilines is 1. The molecular formula is C30H41BrF4N2O5Si. The van der Waals surface area contributed by atoms with E-state index in [9.17, 15) is 22.8 Å². The fourth-order valence-corrected chi connectivity index (χ4v) is 5.20. The number of ether oxygens (including phenoxy) is 2. The highest BCUT2D eigenvalue weighted by atomic mass is 79.9. The number of alkyl carbamates (subject to hydrolysis) is 1. The third-order valence-electron chi connectivity index (χ3n) is 6.92. The van der Waals surface area contributed by atoms with E-state index in [0.717, 1.165) is 0 Å². The first-order valence-electron chi connectivity index (χ1n) is 13.8. The van der Waals surface area contributed by atoms with Gasteiger partial charge in [-0.15, -0.1) is 0 Å². The predicted octanol–water partition coefficient (Wildman–Crippen LogP) is 8.52. The Labute approximate surface area is 260 Å². The number of alkyl halides is 3. The zero-order chi connectivity index (χ0) is 32.8. The van der Waals surface area contributed by atoms with Crippen LogP contribution >= 0.6 is 15.9 Å². The maximum Gasteiger partial charge on any atom is 0.471 e. The number of carbonyl (C=O) groups excluding carboxylic acids is 2. The number of rotatable bonds is 11. The first-order valence-corrected chi connectivity index (χ1v) is 17.5. The van der Waals surface area contributed by atoms with Crippen LogP contribution in [0, 0.1) is 5.82 Å². The Balaban J connectivity index is 2.45. The van der Waals surface area contributed by atoms with Gasteiger partial charge < -0.3 is 24.5 Å². The maximum absolute atomic E-state index is 16.0. The van der Waals surface area contributed by atoms with Gasteiger partial charge in [0.15, 0.2) is 14.1 Å². The van der Waals surface area contributed by atoms with Crippen LogP contribution in [0.15, 0.2) is 40.9 Å². The van der Waals surface area contributed by atoms with Gasteiger partial charge in [0.25, 0.3) is 0 Å². The molecule has 0 aromatic heterocycles. The Bertz CT molecular complexity index is 1260. The highest BCUT2D eigenvalue weighted by Gasteiger charge is 2.40. The average molecular weight is 694 g/mol. The highest BCUT2D eigenvalue weighted by Crippen LogP contribution is 2.39. The Morgan fingerprint density at radius 3 is 2.16 bits per heavy atom. The lowest BCUT2D eigenvalue weighted by molar-refractivity contribution is -0.167. The van der Waals surface area contributed by atoms with Crippen LogP contribution in [0.2, 0.25) is 18.1 Å². The molecule has 0 fully saturated rings. The normalized spacial score (nSPS) is 13.3. The quantitative estimate of drug-likeness (QED) is 0.182. The lowest BCUT2D eigenvalue weighted by Crippen LogP contribution is -2.44. The summed E-state index contributed by atoms with van der Waals surface area (Å²) in [6.45, 7) is 15.6. The minimum atomic E-state index is -5.27. The Hall–Kier alpha value is -2.64. The van der Waals surface area contributed by atoms with Gasteiger partial charge in [-0.3, -0.25) is 4.79 Å². The molecule has 2 amide bonds. The number of benzene rings is 2. The molecule has 0 bridgehead atoms. The average Bonchev–Trinajstić information content (AvgIpc) is 2.85. The van der Waals surface area contributed by atoms with Gasteiger partial charge in [-0.25, -0.2) is 9.18 Å². The molecule has 0 unspecified atom stereocenters. The Morgan fingerprint density at radius 2 is 1.63 bits per heavy atom. The van der Waals surface area contributed by atoms with Crippen LogP contribution in [-0.4, -0.2) is 44.7 Å². The van der Waals surface area contributed by atoms with Crippen LogP contribution in [0.3, 0.4) is 0 Å². The molecule has 2 rings (SSSR count). The van der Waals surface area contributed by atoms with E-state index in [2.05, 4.69) is 55.1 Å². The van der Waals surface area contributed by atoms with E-state index in [-0.39, 0.29) is 46.9 Å². The van der Waals surface area contributed by atoms with Crippen LogP contribution in [0.25, 0.3) is 0 Å². The standard InChI is InChI=1S/C30H41BrF4N2O5Si/c1-28(2,3)42-27(39)36-20(14-15-41-43(7,8)29(4,5)6)16-21-22(31)17-23(40-18-19-12-10-9-11-13-19)25(24(21)32)37-26(38)30(33,34)35/h9-13,17,20H,14-16,18H2,1-8H3,(H,36,39)(H,37,38)/t20-/m1/s1. The zero-order valence-electron chi connectivity index (χ0n) is 25.8. The number of hydrogen-bond acceptors (Lipinski definition) is 5. The number of hydrogen-bond donors (Lipinski definition) is 2. The van der Waals surface area contributed by atoms with E-state index < -0.39 is 49.6 Å². The van der Waals surface area contributed by atoms with Crippen molar-refractivity contribution in [2.75, 3.05) is 11.9 Å². The fraction of sp³-hybridized carbons (Fsp3) is 0.533. The van der Waals surface area contributed by atoms with Gasteiger partial charge in [-0.2, -0.15) is 13.2 Å². The molecule has 0 heterocycles. The van der Waals surface area contributed by atoms with Crippen molar-refractivity contribution in [3.63, 3.8) is 0 Å². The van der Waals surface area contributed by atoms with Gasteiger partial charge in [0.05, 0.1) is 0 Å². The summed E-state index contributed by atoms with van der Waals surface area (Å²) in [6, 6.07) is 9.30. The molecule has 0 spiro atoms. The molecule has 2 aromatic rings. The van der Waals surface area contributed by atoms with Crippen LogP contribution in [0.4, 0.5) is 28.0 Å². The predicted molar refractivity (Wildman–Crippen MR) is 164 cm³/mol. The molecule has 0 aliphatic carbocycles. The third-order valence-corrected chi connectivity index (χ3v) is 12.2. The summed E-state index contributed by atoms with van der Waals surface area (Å²) in [6.07, 6.45) is -5.90. The van der Waals surface area contributed by atoms with E-state index in [1.54, 1.807) is 56.4 Å². The van der Waals surface area contributed by atoms with Crippen molar-refractivity contribution in [3.05, 3.63) is 57.8 Å². The first kappa shape index (κ1) is 36.5. The molecule has 7 nitrogen and oxygen atoms in total. The van der Waals surface area contributed by atoms with Crippen LogP contribution in [0.5, 0.6) is 5.75 Å². The van der Waals surface area contributed by atoms with E-state index in [0.29, 0.717) is 5.56 Å². The molecule has 0 saturated heterocycles. The van der Waals surface area contributed by atoms with Crippen molar-refractivity contribution in [3.8, 4) is 5.75 Å². The molecule has 0 aliphatic rings. The van der Waals surface area contributed by atoms with Crippen LogP contribution in [-0.2, 0) is 27.0 Å². The van der Waals surface area contributed by atoms with Crippen molar-refractivity contribution in [1.29, 1.82) is 0 Å². The molecule has 2 N–H and O–H groups in total. The number of nitrogens with one attached hydrogen (secondary N) is 2. The largest absolute Gasteiger partial charge is 0.487 e. The van der Waals surface area contributed by atoms with Crippen molar-refractivity contribution in [1.82, 2.24) is 5.32 Å². The molecule has 1 atom stereocenters. The number of carbonyl (C=O) groups is 2. The Morgan fingerprint density at radius 1 is 1.02 bits per heavy atom. The lowest BCUT2D eigenvalue weighted by atomic mass is 10.0. The van der Waals surface area contributed by atoms with Gasteiger partial charge in [-0.1, -0.05) is 67.0 Å². The minimum absolute atomic E-state index is 0.0714. The molecule has 0 saturated carbocycles. The molecule has 43 heavy (non-hydrogen) atoms. The second-order valence-corrected chi connectivity index (χ2v) is 18.4. The summed E-state index contributed by atoms with van der Waals surface area (Å²) in [4.78, 5) is 24.5. The Kier molecular flexibility index (Phi) is 12.3. The van der Waals surface area contributed by atoms with Gasteiger partial charge >= 0.3 is 18.2 Å². The topological polar surface area (TPSA) is 85.9 Å². The zero-order valence-corrected chi connectivity index (χ0v) is 28.4. The minimum Gasteiger partial charge on any atom is -0.487 e. The van der Waals surface area contributed by atoms with E-state index >= 15 is 4.39 Å². The van der Waals surface area contributed by atoms with Crippen LogP contribution in [0.1, 0.15) is 59.1 Å². The maximum atomic E-state index is 16.0. The number of amides is 2. The van der Waals surface area contributed by atoms with E-state index in [4.69, 9.17) is 13.9 Å². The molecule has 0 aliphatic heterocycles. The second kappa shape index (κ2) is 14.4. The smallest absolute Gasteiger partial charge is 0.471 e. The third kappa shape index (κ3) is 11.4. The highest BCUT2D eigenvalue weighted by molar-refractivity contribution is 9.10. The molecule has 0 radical (unpaired) electrons. The second-order valence-electron chi connectivity index (χ2n) is 12.7. The lowest BCUT2D eigenvalue weighted by Gasteiger charge is -2.36. The van der Waals surface area contributed by atoms with Crippen molar-refractivity contribution < 1.29 is 41.1 Å². The summed E-state index contributed by atoms with van der Waals surface area (Å²) in [7, 11) is -2.15. The summed E-state index contributed by atoms with van der Waals surface area (Å²) in [5.74, 6) is -3.78. The summed E-state index contributed by atoms with van der Waals surface area (Å²) in [5.41, 5.74) is -0.951. The fourth-order valence-electron chi connectivity index (χ4n) is 3.59. The summed E-state index contributed by atoms with van der Waals surface area (Å²) >= 11 is 3.31.